The zero-order valence-corrected chi connectivity index (χ0v) is 10.6. The Morgan fingerprint density at radius 2 is 2.21 bits per heavy atom. The molecule has 1 aromatic carbocycles. The molecule has 0 radical (unpaired) electrons. The first-order valence-corrected chi connectivity index (χ1v) is 6.08. The Morgan fingerprint density at radius 1 is 1.47 bits per heavy atom. The predicted octanol–water partition coefficient (Wildman–Crippen LogP) is 0.168. The summed E-state index contributed by atoms with van der Waals surface area (Å²) in [6.07, 6.45) is -0.484. The van der Waals surface area contributed by atoms with E-state index in [1.54, 1.807) is 18.2 Å². The zero-order valence-electron chi connectivity index (χ0n) is 10.6. The maximum Gasteiger partial charge on any atom is 0.218 e. The molecule has 19 heavy (non-hydrogen) atoms. The minimum atomic E-state index is -0.709. The largest absolute Gasteiger partial charge is 0.389 e. The van der Waals surface area contributed by atoms with Gasteiger partial charge in [-0.15, -0.1) is 0 Å². The first-order valence-electron chi connectivity index (χ1n) is 6.08. The van der Waals surface area contributed by atoms with Gasteiger partial charge < -0.3 is 20.9 Å². The third kappa shape index (κ3) is 6.85. The SMILES string of the molecule is NC(=O)CCNCC(O)COCc1ccccc1F. The first-order chi connectivity index (χ1) is 9.09. The van der Waals surface area contributed by atoms with Gasteiger partial charge in [0.2, 0.25) is 5.91 Å². The molecule has 0 aliphatic heterocycles. The summed E-state index contributed by atoms with van der Waals surface area (Å²) in [5, 5.41) is 12.4. The number of ether oxygens (including phenoxy) is 1. The van der Waals surface area contributed by atoms with E-state index in [2.05, 4.69) is 5.32 Å². The first kappa shape index (κ1) is 15.6. The van der Waals surface area contributed by atoms with Crippen molar-refractivity contribution in [3.8, 4) is 0 Å². The molecule has 4 N–H and O–H groups in total. The molecule has 1 unspecified atom stereocenters. The molecular formula is C13H19FN2O3. The normalized spacial score (nSPS) is 12.3. The van der Waals surface area contributed by atoms with E-state index in [0.29, 0.717) is 18.7 Å². The maximum atomic E-state index is 13.2. The monoisotopic (exact) mass is 270 g/mol. The summed E-state index contributed by atoms with van der Waals surface area (Å²) in [5.41, 5.74) is 5.42. The smallest absolute Gasteiger partial charge is 0.218 e. The number of nitrogens with two attached hydrogens (primary N) is 1. The lowest BCUT2D eigenvalue weighted by Crippen LogP contribution is -2.32. The van der Waals surface area contributed by atoms with Crippen molar-refractivity contribution < 1.29 is 19.0 Å². The molecule has 0 aliphatic rings. The highest BCUT2D eigenvalue weighted by atomic mass is 19.1. The van der Waals surface area contributed by atoms with Crippen LogP contribution in [0.4, 0.5) is 4.39 Å². The molecule has 0 heterocycles. The van der Waals surface area contributed by atoms with Gasteiger partial charge in [-0.1, -0.05) is 18.2 Å². The average Bonchev–Trinajstić information content (AvgIpc) is 2.37. The van der Waals surface area contributed by atoms with Crippen LogP contribution in [0, 0.1) is 5.82 Å². The third-order valence-electron chi connectivity index (χ3n) is 2.45. The van der Waals surface area contributed by atoms with Crippen molar-refractivity contribution in [3.63, 3.8) is 0 Å². The fourth-order valence-corrected chi connectivity index (χ4v) is 1.46. The third-order valence-corrected chi connectivity index (χ3v) is 2.45. The number of rotatable bonds is 9. The van der Waals surface area contributed by atoms with Crippen LogP contribution in [0.5, 0.6) is 0 Å². The Kier molecular flexibility index (Phi) is 7.02. The molecule has 5 nitrogen and oxygen atoms in total. The van der Waals surface area contributed by atoms with Gasteiger partial charge in [0.15, 0.2) is 0 Å². The number of hydrogen-bond donors (Lipinski definition) is 3. The molecule has 0 aromatic heterocycles. The highest BCUT2D eigenvalue weighted by Crippen LogP contribution is 2.07. The van der Waals surface area contributed by atoms with Gasteiger partial charge in [0.25, 0.3) is 0 Å². The lowest BCUT2D eigenvalue weighted by atomic mass is 10.2. The van der Waals surface area contributed by atoms with Crippen LogP contribution >= 0.6 is 0 Å². The van der Waals surface area contributed by atoms with Gasteiger partial charge in [-0.05, 0) is 6.07 Å². The number of carbonyl (C=O) groups is 1. The van der Waals surface area contributed by atoms with Gasteiger partial charge in [0, 0.05) is 25.1 Å². The van der Waals surface area contributed by atoms with Crippen molar-refractivity contribution in [2.24, 2.45) is 5.73 Å². The number of aliphatic hydroxyl groups is 1. The van der Waals surface area contributed by atoms with Crippen LogP contribution in [-0.2, 0) is 16.1 Å². The molecule has 106 valence electrons. The van der Waals surface area contributed by atoms with Crippen LogP contribution in [0.1, 0.15) is 12.0 Å². The van der Waals surface area contributed by atoms with Crippen molar-refractivity contribution >= 4 is 5.91 Å². The van der Waals surface area contributed by atoms with Crippen LogP contribution in [-0.4, -0.2) is 36.8 Å². The number of amides is 1. The fraction of sp³-hybridized carbons (Fsp3) is 0.462. The van der Waals surface area contributed by atoms with E-state index in [1.165, 1.54) is 6.07 Å². The predicted molar refractivity (Wildman–Crippen MR) is 68.7 cm³/mol. The molecule has 1 rings (SSSR count). The van der Waals surface area contributed by atoms with E-state index in [9.17, 15) is 14.3 Å². The Balaban J connectivity index is 2.12. The molecule has 0 aliphatic carbocycles. The molecule has 0 saturated heterocycles. The summed E-state index contributed by atoms with van der Waals surface area (Å²) in [6.45, 7) is 0.924. The standard InChI is InChI=1S/C13H19FN2O3/c14-12-4-2-1-3-10(12)8-19-9-11(17)7-16-6-5-13(15)18/h1-4,11,16-17H,5-9H2,(H2,15,18). The number of carbonyl (C=O) groups excluding carboxylic acids is 1. The Hall–Kier alpha value is -1.50. The average molecular weight is 270 g/mol. The number of aliphatic hydroxyl groups excluding tert-OH is 1. The summed E-state index contributed by atoms with van der Waals surface area (Å²) >= 11 is 0. The van der Waals surface area contributed by atoms with Gasteiger partial charge in [0.05, 0.1) is 19.3 Å². The molecule has 1 aromatic rings. The molecule has 1 amide bonds. The van der Waals surface area contributed by atoms with Crippen LogP contribution in [0.25, 0.3) is 0 Å². The molecule has 0 spiro atoms. The molecule has 1 atom stereocenters. The second kappa shape index (κ2) is 8.58. The minimum Gasteiger partial charge on any atom is -0.389 e. The number of halogens is 1. The molecule has 6 heteroatoms. The van der Waals surface area contributed by atoms with Gasteiger partial charge in [-0.25, -0.2) is 4.39 Å². The summed E-state index contributed by atoms with van der Waals surface area (Å²) < 4.78 is 18.5. The fourth-order valence-electron chi connectivity index (χ4n) is 1.46. The van der Waals surface area contributed by atoms with E-state index in [-0.39, 0.29) is 25.5 Å². The quantitative estimate of drug-likeness (QED) is 0.558. The summed E-state index contributed by atoms with van der Waals surface area (Å²) in [7, 11) is 0. The topological polar surface area (TPSA) is 84.6 Å². The van der Waals surface area contributed by atoms with Crippen molar-refractivity contribution in [1.29, 1.82) is 0 Å². The van der Waals surface area contributed by atoms with Crippen molar-refractivity contribution in [2.45, 2.75) is 19.1 Å². The number of nitrogens with one attached hydrogen (secondary N) is 1. The Morgan fingerprint density at radius 3 is 2.89 bits per heavy atom. The van der Waals surface area contributed by atoms with Crippen LogP contribution < -0.4 is 11.1 Å². The van der Waals surface area contributed by atoms with E-state index in [4.69, 9.17) is 10.5 Å². The van der Waals surface area contributed by atoms with Gasteiger partial charge in [-0.2, -0.15) is 0 Å². The van der Waals surface area contributed by atoms with E-state index in [0.717, 1.165) is 0 Å². The van der Waals surface area contributed by atoms with Crippen LogP contribution in [0.2, 0.25) is 0 Å². The van der Waals surface area contributed by atoms with Gasteiger partial charge in [-0.3, -0.25) is 4.79 Å². The molecule has 0 saturated carbocycles. The summed E-state index contributed by atoms with van der Waals surface area (Å²) in [5.74, 6) is -0.714. The van der Waals surface area contributed by atoms with E-state index in [1.807, 2.05) is 0 Å². The molecule has 0 bridgehead atoms. The Bertz CT molecular complexity index is 401. The second-order valence-electron chi connectivity index (χ2n) is 4.18. The van der Waals surface area contributed by atoms with Crippen molar-refractivity contribution in [2.75, 3.05) is 19.7 Å². The highest BCUT2D eigenvalue weighted by molar-refractivity contribution is 5.73. The van der Waals surface area contributed by atoms with Crippen LogP contribution in [0.3, 0.4) is 0 Å². The zero-order chi connectivity index (χ0) is 14.1. The summed E-state index contributed by atoms with van der Waals surface area (Å²) in [6, 6.07) is 6.33. The maximum absolute atomic E-state index is 13.2. The number of primary amides is 1. The highest BCUT2D eigenvalue weighted by Gasteiger charge is 2.06. The minimum absolute atomic E-state index is 0.0951. The Labute approximate surface area is 111 Å². The lowest BCUT2D eigenvalue weighted by molar-refractivity contribution is -0.117. The molecule has 0 fully saturated rings. The van der Waals surface area contributed by atoms with Crippen LogP contribution in [0.15, 0.2) is 24.3 Å². The summed E-state index contributed by atoms with van der Waals surface area (Å²) in [4.78, 5) is 10.5. The van der Waals surface area contributed by atoms with Crippen molar-refractivity contribution in [3.05, 3.63) is 35.6 Å². The number of hydrogen-bond acceptors (Lipinski definition) is 4. The van der Waals surface area contributed by atoms with Gasteiger partial charge >= 0.3 is 0 Å². The lowest BCUT2D eigenvalue weighted by Gasteiger charge is -2.12. The molecular weight excluding hydrogens is 251 g/mol. The second-order valence-corrected chi connectivity index (χ2v) is 4.18. The van der Waals surface area contributed by atoms with E-state index < -0.39 is 12.0 Å². The van der Waals surface area contributed by atoms with Gasteiger partial charge in [0.1, 0.15) is 5.82 Å². The number of benzene rings is 1. The van der Waals surface area contributed by atoms with E-state index >= 15 is 0 Å². The van der Waals surface area contributed by atoms with Crippen molar-refractivity contribution in [1.82, 2.24) is 5.32 Å².